The number of benzene rings is 1. The molecule has 0 aliphatic heterocycles. The molecule has 0 saturated heterocycles. The first kappa shape index (κ1) is 18.6. The molecular formula is C15H14Cl2N2O4S. The van der Waals surface area contributed by atoms with Gasteiger partial charge in [0.05, 0.1) is 21.6 Å². The number of ether oxygens (including phenoxy) is 1. The van der Waals surface area contributed by atoms with Gasteiger partial charge in [-0.3, -0.25) is 9.59 Å². The van der Waals surface area contributed by atoms with Gasteiger partial charge in [0.15, 0.2) is 5.82 Å². The average molecular weight is 389 g/mol. The first-order valence-corrected chi connectivity index (χ1v) is 8.75. The highest BCUT2D eigenvalue weighted by Crippen LogP contribution is 2.23. The molecular weight excluding hydrogens is 375 g/mol. The van der Waals surface area contributed by atoms with Crippen molar-refractivity contribution in [2.75, 3.05) is 16.8 Å². The minimum absolute atomic E-state index is 0.0621. The lowest BCUT2D eigenvalue weighted by molar-refractivity contribution is -0.141. The number of amides is 1. The minimum atomic E-state index is -0.420. The molecule has 1 aromatic carbocycles. The Kier molecular flexibility index (Phi) is 6.96. The number of aromatic nitrogens is 1. The Morgan fingerprint density at radius 2 is 2.04 bits per heavy atom. The first-order valence-electron chi connectivity index (χ1n) is 6.84. The van der Waals surface area contributed by atoms with E-state index in [4.69, 9.17) is 32.5 Å². The number of hydrogen-bond donors (Lipinski definition) is 1. The van der Waals surface area contributed by atoms with E-state index in [1.807, 2.05) is 0 Å². The zero-order valence-electron chi connectivity index (χ0n) is 12.7. The van der Waals surface area contributed by atoms with Gasteiger partial charge in [0.25, 0.3) is 0 Å². The maximum Gasteiger partial charge on any atom is 0.316 e. The number of anilines is 1. The largest absolute Gasteiger partial charge is 0.460 e. The number of thioether (sulfide) groups is 1. The molecule has 0 atom stereocenters. The Morgan fingerprint density at radius 1 is 1.25 bits per heavy atom. The number of carbonyl (C=O) groups is 2. The van der Waals surface area contributed by atoms with Gasteiger partial charge in [0, 0.05) is 6.07 Å². The van der Waals surface area contributed by atoms with Gasteiger partial charge in [-0.1, -0.05) is 34.4 Å². The Labute approximate surface area is 152 Å². The summed E-state index contributed by atoms with van der Waals surface area (Å²) >= 11 is 12.8. The number of nitrogens with zero attached hydrogens (tertiary/aromatic N) is 1. The second-order valence-electron chi connectivity index (χ2n) is 4.77. The highest BCUT2D eigenvalue weighted by molar-refractivity contribution is 8.00. The van der Waals surface area contributed by atoms with E-state index in [1.165, 1.54) is 0 Å². The van der Waals surface area contributed by atoms with Crippen molar-refractivity contribution in [3.8, 4) is 0 Å². The Morgan fingerprint density at radius 3 is 2.71 bits per heavy atom. The molecule has 2 rings (SSSR count). The molecule has 24 heavy (non-hydrogen) atoms. The van der Waals surface area contributed by atoms with Crippen LogP contribution in [-0.4, -0.2) is 28.5 Å². The molecule has 0 unspecified atom stereocenters. The summed E-state index contributed by atoms with van der Waals surface area (Å²) in [6.45, 7) is 1.82. The van der Waals surface area contributed by atoms with Crippen molar-refractivity contribution in [1.29, 1.82) is 0 Å². The van der Waals surface area contributed by atoms with Crippen LogP contribution >= 0.6 is 35.0 Å². The fourth-order valence-corrected chi connectivity index (χ4v) is 2.60. The van der Waals surface area contributed by atoms with E-state index in [0.29, 0.717) is 21.6 Å². The van der Waals surface area contributed by atoms with Crippen molar-refractivity contribution in [2.24, 2.45) is 0 Å². The maximum absolute atomic E-state index is 11.7. The molecule has 1 aromatic heterocycles. The fourth-order valence-electron chi connectivity index (χ4n) is 1.67. The summed E-state index contributed by atoms with van der Waals surface area (Å²) in [7, 11) is 0. The molecule has 0 aliphatic carbocycles. The van der Waals surface area contributed by atoms with Crippen LogP contribution in [0.5, 0.6) is 0 Å². The molecule has 6 nitrogen and oxygen atoms in total. The number of esters is 1. The van der Waals surface area contributed by atoms with E-state index in [-0.39, 0.29) is 24.0 Å². The van der Waals surface area contributed by atoms with Crippen LogP contribution in [0.4, 0.5) is 5.82 Å². The third kappa shape index (κ3) is 6.07. The van der Waals surface area contributed by atoms with Gasteiger partial charge in [-0.25, -0.2) is 0 Å². The van der Waals surface area contributed by atoms with E-state index >= 15 is 0 Å². The fraction of sp³-hybridized carbons (Fsp3) is 0.267. The third-order valence-corrected chi connectivity index (χ3v) is 4.38. The Bertz CT molecular complexity index is 736. The number of aryl methyl sites for hydroxylation is 1. The highest BCUT2D eigenvalue weighted by Gasteiger charge is 2.09. The number of rotatable bonds is 7. The van der Waals surface area contributed by atoms with Crippen LogP contribution in [0.1, 0.15) is 11.3 Å². The van der Waals surface area contributed by atoms with Crippen LogP contribution in [0.2, 0.25) is 10.0 Å². The lowest BCUT2D eigenvalue weighted by atomic mass is 10.2. The van der Waals surface area contributed by atoms with Crippen molar-refractivity contribution in [1.82, 2.24) is 5.16 Å². The lowest BCUT2D eigenvalue weighted by Crippen LogP contribution is -2.16. The summed E-state index contributed by atoms with van der Waals surface area (Å²) in [6.07, 6.45) is 0. The summed E-state index contributed by atoms with van der Waals surface area (Å²) in [5.74, 6) is 0.422. The van der Waals surface area contributed by atoms with Gasteiger partial charge in [0.1, 0.15) is 12.4 Å². The van der Waals surface area contributed by atoms with Crippen LogP contribution < -0.4 is 5.32 Å². The van der Waals surface area contributed by atoms with Crippen molar-refractivity contribution in [2.45, 2.75) is 13.5 Å². The predicted octanol–water partition coefficient (Wildman–Crippen LogP) is 3.70. The zero-order chi connectivity index (χ0) is 17.5. The summed E-state index contributed by atoms with van der Waals surface area (Å²) in [5, 5.41) is 7.05. The van der Waals surface area contributed by atoms with Gasteiger partial charge < -0.3 is 14.6 Å². The molecule has 1 N–H and O–H groups in total. The van der Waals surface area contributed by atoms with Gasteiger partial charge in [-0.2, -0.15) is 0 Å². The van der Waals surface area contributed by atoms with Crippen LogP contribution in [0, 0.1) is 6.92 Å². The summed E-state index contributed by atoms with van der Waals surface area (Å²) in [5.41, 5.74) is 0.738. The SMILES string of the molecule is Cc1cc(NC(=O)CSCC(=O)OCc2ccc(Cl)c(Cl)c2)no1. The summed E-state index contributed by atoms with van der Waals surface area (Å²) < 4.78 is 9.94. The topological polar surface area (TPSA) is 81.4 Å². The Hall–Kier alpha value is -1.70. The van der Waals surface area contributed by atoms with Crippen molar-refractivity contribution in [3.63, 3.8) is 0 Å². The zero-order valence-corrected chi connectivity index (χ0v) is 15.0. The van der Waals surface area contributed by atoms with Crippen LogP contribution in [0.3, 0.4) is 0 Å². The van der Waals surface area contributed by atoms with Crippen molar-refractivity contribution in [3.05, 3.63) is 45.6 Å². The molecule has 0 fully saturated rings. The first-order chi connectivity index (χ1) is 11.4. The average Bonchev–Trinajstić information content (AvgIpc) is 2.93. The molecule has 0 saturated carbocycles. The third-order valence-electron chi connectivity index (χ3n) is 2.73. The van der Waals surface area contributed by atoms with E-state index in [0.717, 1.165) is 17.3 Å². The van der Waals surface area contributed by atoms with E-state index in [2.05, 4.69) is 10.5 Å². The van der Waals surface area contributed by atoms with Crippen molar-refractivity contribution < 1.29 is 18.8 Å². The Balaban J connectivity index is 1.65. The molecule has 0 spiro atoms. The van der Waals surface area contributed by atoms with Crippen LogP contribution in [-0.2, 0) is 20.9 Å². The van der Waals surface area contributed by atoms with Gasteiger partial charge >= 0.3 is 5.97 Å². The molecule has 2 aromatic rings. The van der Waals surface area contributed by atoms with Crippen LogP contribution in [0.25, 0.3) is 0 Å². The monoisotopic (exact) mass is 388 g/mol. The number of carbonyl (C=O) groups excluding carboxylic acids is 2. The second kappa shape index (κ2) is 8.96. The molecule has 0 bridgehead atoms. The van der Waals surface area contributed by atoms with E-state index in [9.17, 15) is 9.59 Å². The maximum atomic E-state index is 11.7. The number of nitrogens with one attached hydrogen (secondary N) is 1. The highest BCUT2D eigenvalue weighted by atomic mass is 35.5. The van der Waals surface area contributed by atoms with Gasteiger partial charge in [0.2, 0.25) is 5.91 Å². The molecule has 128 valence electrons. The molecule has 0 aliphatic rings. The molecule has 1 heterocycles. The van der Waals surface area contributed by atoms with Gasteiger partial charge in [-0.15, -0.1) is 11.8 Å². The quantitative estimate of drug-likeness (QED) is 0.728. The normalized spacial score (nSPS) is 10.5. The van der Waals surface area contributed by atoms with E-state index in [1.54, 1.807) is 31.2 Å². The molecule has 9 heteroatoms. The molecule has 1 amide bonds. The van der Waals surface area contributed by atoms with E-state index < -0.39 is 5.97 Å². The lowest BCUT2D eigenvalue weighted by Gasteiger charge is -2.06. The van der Waals surface area contributed by atoms with Crippen LogP contribution in [0.15, 0.2) is 28.8 Å². The smallest absolute Gasteiger partial charge is 0.316 e. The number of halogens is 2. The number of hydrogen-bond acceptors (Lipinski definition) is 6. The summed E-state index contributed by atoms with van der Waals surface area (Å²) in [6, 6.07) is 6.60. The minimum Gasteiger partial charge on any atom is -0.460 e. The van der Waals surface area contributed by atoms with Gasteiger partial charge in [-0.05, 0) is 24.6 Å². The second-order valence-corrected chi connectivity index (χ2v) is 6.57. The molecule has 0 radical (unpaired) electrons. The standard InChI is InChI=1S/C15H14Cl2N2O4S/c1-9-4-13(19-23-9)18-14(20)7-24-8-15(21)22-6-10-2-3-11(16)12(17)5-10/h2-5H,6-8H2,1H3,(H,18,19,20). The predicted molar refractivity (Wildman–Crippen MR) is 93.5 cm³/mol. The summed E-state index contributed by atoms with van der Waals surface area (Å²) in [4.78, 5) is 23.3. The van der Waals surface area contributed by atoms with Crippen molar-refractivity contribution >= 4 is 52.7 Å².